The summed E-state index contributed by atoms with van der Waals surface area (Å²) in [6.07, 6.45) is 1.56. The van der Waals surface area contributed by atoms with Crippen LogP contribution in [0.5, 0.6) is 5.75 Å². The number of aryl methyl sites for hydroxylation is 1. The fourth-order valence-corrected chi connectivity index (χ4v) is 5.31. The molecule has 4 rings (SSSR count). The SMILES string of the molecule is CCOc1ccc(NC(=O)Cn2cc(S(=O)(=O)Cc3ccc(C)cc3)c3ccccc32)cc1. The van der Waals surface area contributed by atoms with Crippen molar-refractivity contribution in [1.29, 1.82) is 0 Å². The monoisotopic (exact) mass is 462 g/mol. The number of benzene rings is 3. The lowest BCUT2D eigenvalue weighted by atomic mass is 10.2. The Morgan fingerprint density at radius 1 is 0.970 bits per heavy atom. The highest BCUT2D eigenvalue weighted by Gasteiger charge is 2.22. The number of rotatable bonds is 8. The molecule has 4 aromatic rings. The van der Waals surface area contributed by atoms with Crippen LogP contribution in [0.25, 0.3) is 10.9 Å². The van der Waals surface area contributed by atoms with E-state index in [4.69, 9.17) is 4.74 Å². The van der Waals surface area contributed by atoms with Gasteiger partial charge in [0, 0.05) is 22.8 Å². The van der Waals surface area contributed by atoms with E-state index >= 15 is 0 Å². The highest BCUT2D eigenvalue weighted by molar-refractivity contribution is 7.90. The number of ether oxygens (including phenoxy) is 1. The van der Waals surface area contributed by atoms with Gasteiger partial charge in [0.1, 0.15) is 12.3 Å². The molecule has 0 aliphatic heterocycles. The van der Waals surface area contributed by atoms with Crippen molar-refractivity contribution in [1.82, 2.24) is 4.57 Å². The molecule has 0 aliphatic carbocycles. The van der Waals surface area contributed by atoms with Crippen LogP contribution in [0.3, 0.4) is 0 Å². The summed E-state index contributed by atoms with van der Waals surface area (Å²) >= 11 is 0. The zero-order valence-electron chi connectivity index (χ0n) is 18.6. The van der Waals surface area contributed by atoms with E-state index < -0.39 is 9.84 Å². The Bertz CT molecular complexity index is 1370. The molecule has 1 amide bonds. The van der Waals surface area contributed by atoms with Gasteiger partial charge >= 0.3 is 0 Å². The third-order valence-electron chi connectivity index (χ3n) is 5.33. The van der Waals surface area contributed by atoms with Crippen molar-refractivity contribution in [3.8, 4) is 5.75 Å². The molecule has 170 valence electrons. The number of carbonyl (C=O) groups excluding carboxylic acids is 1. The van der Waals surface area contributed by atoms with Gasteiger partial charge in [0.05, 0.1) is 17.3 Å². The Morgan fingerprint density at radius 3 is 2.36 bits per heavy atom. The van der Waals surface area contributed by atoms with Gasteiger partial charge in [-0.05, 0) is 49.7 Å². The standard InChI is InChI=1S/C26H26N2O4S/c1-3-32-22-14-12-21(13-15-22)27-26(29)17-28-16-25(23-6-4-5-7-24(23)28)33(30,31)18-20-10-8-19(2)9-11-20/h4-16H,3,17-18H2,1-2H3,(H,27,29). The number of nitrogens with one attached hydrogen (secondary N) is 1. The van der Waals surface area contributed by atoms with Crippen molar-refractivity contribution >= 4 is 32.3 Å². The number of carbonyl (C=O) groups is 1. The molecule has 0 spiro atoms. The first-order valence-electron chi connectivity index (χ1n) is 10.7. The average Bonchev–Trinajstić information content (AvgIpc) is 3.16. The van der Waals surface area contributed by atoms with Crippen LogP contribution in [0, 0.1) is 6.92 Å². The molecule has 7 heteroatoms. The van der Waals surface area contributed by atoms with Crippen molar-refractivity contribution in [3.05, 3.63) is 90.1 Å². The number of amides is 1. The summed E-state index contributed by atoms with van der Waals surface area (Å²) in [5.74, 6) is 0.386. The van der Waals surface area contributed by atoms with E-state index in [2.05, 4.69) is 5.32 Å². The third kappa shape index (κ3) is 5.26. The molecule has 0 saturated heterocycles. The summed E-state index contributed by atoms with van der Waals surface area (Å²) in [4.78, 5) is 12.9. The molecular weight excluding hydrogens is 436 g/mol. The summed E-state index contributed by atoms with van der Waals surface area (Å²) in [7, 11) is -3.60. The van der Waals surface area contributed by atoms with E-state index in [9.17, 15) is 13.2 Å². The number of hydrogen-bond acceptors (Lipinski definition) is 4. The topological polar surface area (TPSA) is 77.4 Å². The lowest BCUT2D eigenvalue weighted by Crippen LogP contribution is -2.18. The van der Waals surface area contributed by atoms with Gasteiger partial charge in [-0.1, -0.05) is 48.0 Å². The minimum absolute atomic E-state index is 0.00617. The normalized spacial score (nSPS) is 11.5. The van der Waals surface area contributed by atoms with Crippen molar-refractivity contribution < 1.29 is 17.9 Å². The number of nitrogens with zero attached hydrogens (tertiary/aromatic N) is 1. The highest BCUT2D eigenvalue weighted by atomic mass is 32.2. The molecular formula is C26H26N2O4S. The zero-order valence-corrected chi connectivity index (χ0v) is 19.4. The molecule has 0 unspecified atom stereocenters. The number of para-hydroxylation sites is 1. The Hall–Kier alpha value is -3.58. The predicted octanol–water partition coefficient (Wildman–Crippen LogP) is 4.96. The van der Waals surface area contributed by atoms with Crippen LogP contribution in [0.1, 0.15) is 18.1 Å². The summed E-state index contributed by atoms with van der Waals surface area (Å²) < 4.78 is 33.6. The Labute approximate surface area is 193 Å². The van der Waals surface area contributed by atoms with Crippen LogP contribution in [-0.2, 0) is 26.9 Å². The van der Waals surface area contributed by atoms with E-state index in [0.29, 0.717) is 23.2 Å². The molecule has 0 aliphatic rings. The molecule has 3 aromatic carbocycles. The predicted molar refractivity (Wildman–Crippen MR) is 130 cm³/mol. The molecule has 33 heavy (non-hydrogen) atoms. The van der Waals surface area contributed by atoms with Crippen LogP contribution >= 0.6 is 0 Å². The van der Waals surface area contributed by atoms with Gasteiger partial charge in [0.25, 0.3) is 0 Å². The number of anilines is 1. The minimum atomic E-state index is -3.60. The van der Waals surface area contributed by atoms with E-state index in [1.165, 1.54) is 0 Å². The van der Waals surface area contributed by atoms with Gasteiger partial charge in [-0.2, -0.15) is 0 Å². The zero-order chi connectivity index (χ0) is 23.4. The second kappa shape index (κ2) is 9.50. The van der Waals surface area contributed by atoms with Gasteiger partial charge in [0.15, 0.2) is 9.84 Å². The molecule has 0 bridgehead atoms. The third-order valence-corrected chi connectivity index (χ3v) is 7.04. The first-order chi connectivity index (χ1) is 15.9. The average molecular weight is 463 g/mol. The largest absolute Gasteiger partial charge is 0.494 e. The summed E-state index contributed by atoms with van der Waals surface area (Å²) in [6, 6.07) is 21.8. The van der Waals surface area contributed by atoms with Gasteiger partial charge < -0.3 is 14.6 Å². The summed E-state index contributed by atoms with van der Waals surface area (Å²) in [6.45, 7) is 4.44. The minimum Gasteiger partial charge on any atom is -0.494 e. The number of fused-ring (bicyclic) bond motifs is 1. The van der Waals surface area contributed by atoms with Crippen LogP contribution in [0.4, 0.5) is 5.69 Å². The Kier molecular flexibility index (Phi) is 6.51. The number of sulfone groups is 1. The highest BCUT2D eigenvalue weighted by Crippen LogP contribution is 2.28. The van der Waals surface area contributed by atoms with E-state index in [0.717, 1.165) is 16.9 Å². The summed E-state index contributed by atoms with van der Waals surface area (Å²) in [5.41, 5.74) is 3.14. The molecule has 0 radical (unpaired) electrons. The van der Waals surface area contributed by atoms with E-state index in [-0.39, 0.29) is 23.1 Å². The lowest BCUT2D eigenvalue weighted by Gasteiger charge is -2.08. The molecule has 0 saturated carbocycles. The van der Waals surface area contributed by atoms with Crippen LogP contribution in [0.2, 0.25) is 0 Å². The maximum absolute atomic E-state index is 13.3. The van der Waals surface area contributed by atoms with Gasteiger partial charge in [-0.25, -0.2) is 8.42 Å². The van der Waals surface area contributed by atoms with Gasteiger partial charge in [-0.15, -0.1) is 0 Å². The first kappa shape index (κ1) is 22.6. The molecule has 1 N–H and O–H groups in total. The van der Waals surface area contributed by atoms with E-state index in [1.54, 1.807) is 47.2 Å². The Balaban J connectivity index is 1.57. The number of aromatic nitrogens is 1. The van der Waals surface area contributed by atoms with Crippen molar-refractivity contribution in [2.24, 2.45) is 0 Å². The maximum atomic E-state index is 13.3. The molecule has 6 nitrogen and oxygen atoms in total. The fraction of sp³-hybridized carbons (Fsp3) is 0.192. The first-order valence-corrected chi connectivity index (χ1v) is 12.4. The molecule has 1 heterocycles. The smallest absolute Gasteiger partial charge is 0.244 e. The van der Waals surface area contributed by atoms with Crippen molar-refractivity contribution in [2.75, 3.05) is 11.9 Å². The number of hydrogen-bond donors (Lipinski definition) is 1. The van der Waals surface area contributed by atoms with Gasteiger partial charge in [-0.3, -0.25) is 4.79 Å². The van der Waals surface area contributed by atoms with Crippen molar-refractivity contribution in [2.45, 2.75) is 31.0 Å². The summed E-state index contributed by atoms with van der Waals surface area (Å²) in [5, 5.41) is 3.46. The van der Waals surface area contributed by atoms with Crippen molar-refractivity contribution in [3.63, 3.8) is 0 Å². The van der Waals surface area contributed by atoms with E-state index in [1.807, 2.05) is 50.2 Å². The molecule has 0 fully saturated rings. The molecule has 0 atom stereocenters. The fourth-order valence-electron chi connectivity index (χ4n) is 3.73. The van der Waals surface area contributed by atoms with Crippen LogP contribution in [-0.4, -0.2) is 25.5 Å². The maximum Gasteiger partial charge on any atom is 0.244 e. The quantitative estimate of drug-likeness (QED) is 0.401. The second-order valence-electron chi connectivity index (χ2n) is 7.89. The van der Waals surface area contributed by atoms with Gasteiger partial charge in [0.2, 0.25) is 5.91 Å². The van der Waals surface area contributed by atoms with Crippen LogP contribution < -0.4 is 10.1 Å². The Morgan fingerprint density at radius 2 is 1.67 bits per heavy atom. The second-order valence-corrected chi connectivity index (χ2v) is 9.85. The van der Waals surface area contributed by atoms with Crippen LogP contribution in [0.15, 0.2) is 83.9 Å². The lowest BCUT2D eigenvalue weighted by molar-refractivity contribution is -0.116. The molecule has 1 aromatic heterocycles.